The van der Waals surface area contributed by atoms with Crippen LogP contribution in [0.3, 0.4) is 0 Å². The van der Waals surface area contributed by atoms with Crippen molar-refractivity contribution >= 4 is 18.3 Å². The van der Waals surface area contributed by atoms with Gasteiger partial charge in [-0.3, -0.25) is 4.79 Å². The fourth-order valence-electron chi connectivity index (χ4n) is 2.12. The first-order valence-electron chi connectivity index (χ1n) is 6.57. The zero-order valence-corrected chi connectivity index (χ0v) is 12.1. The van der Waals surface area contributed by atoms with Crippen molar-refractivity contribution in [2.24, 2.45) is 5.73 Å². The second kappa shape index (κ2) is 8.07. The molecule has 4 nitrogen and oxygen atoms in total. The van der Waals surface area contributed by atoms with E-state index in [0.717, 1.165) is 13.0 Å². The van der Waals surface area contributed by atoms with Crippen LogP contribution in [0.1, 0.15) is 19.3 Å². The van der Waals surface area contributed by atoms with Gasteiger partial charge in [-0.1, -0.05) is 0 Å². The lowest BCUT2D eigenvalue weighted by Gasteiger charge is -2.15. The molecule has 2 N–H and O–H groups in total. The SMILES string of the molecule is Cl.N[C@@H]1CCN(C(=O)CCCOc2ccc(F)cc2)C1. The minimum Gasteiger partial charge on any atom is -0.494 e. The van der Waals surface area contributed by atoms with E-state index in [4.69, 9.17) is 10.5 Å². The highest BCUT2D eigenvalue weighted by atomic mass is 35.5. The van der Waals surface area contributed by atoms with Crippen LogP contribution in [-0.4, -0.2) is 36.5 Å². The molecule has 0 unspecified atom stereocenters. The number of halogens is 2. The first-order valence-corrected chi connectivity index (χ1v) is 6.57. The van der Waals surface area contributed by atoms with Crippen molar-refractivity contribution in [1.82, 2.24) is 4.90 Å². The van der Waals surface area contributed by atoms with Crippen molar-refractivity contribution in [2.75, 3.05) is 19.7 Å². The van der Waals surface area contributed by atoms with Gasteiger partial charge in [0.05, 0.1) is 6.61 Å². The Morgan fingerprint density at radius 1 is 1.40 bits per heavy atom. The molecule has 1 heterocycles. The van der Waals surface area contributed by atoms with E-state index in [1.807, 2.05) is 4.90 Å². The van der Waals surface area contributed by atoms with Gasteiger partial charge < -0.3 is 15.4 Å². The van der Waals surface area contributed by atoms with Crippen molar-refractivity contribution in [1.29, 1.82) is 0 Å². The van der Waals surface area contributed by atoms with Gasteiger partial charge >= 0.3 is 0 Å². The van der Waals surface area contributed by atoms with E-state index < -0.39 is 0 Å². The summed E-state index contributed by atoms with van der Waals surface area (Å²) in [6.07, 6.45) is 2.01. The summed E-state index contributed by atoms with van der Waals surface area (Å²) < 4.78 is 18.1. The molecule has 0 aliphatic carbocycles. The molecule has 1 saturated heterocycles. The standard InChI is InChI=1S/C14H19FN2O2.ClH/c15-11-3-5-13(6-4-11)19-9-1-2-14(18)17-8-7-12(16)10-17;/h3-6,12H,1-2,7-10,16H2;1H/t12-;/m1./s1. The van der Waals surface area contributed by atoms with E-state index in [-0.39, 0.29) is 30.2 Å². The van der Waals surface area contributed by atoms with Crippen molar-refractivity contribution in [3.63, 3.8) is 0 Å². The fourth-order valence-corrected chi connectivity index (χ4v) is 2.12. The molecule has 1 aromatic rings. The summed E-state index contributed by atoms with van der Waals surface area (Å²) in [5.74, 6) is 0.473. The van der Waals surface area contributed by atoms with E-state index >= 15 is 0 Å². The lowest BCUT2D eigenvalue weighted by atomic mass is 10.3. The van der Waals surface area contributed by atoms with Crippen LogP contribution in [0.4, 0.5) is 4.39 Å². The summed E-state index contributed by atoms with van der Waals surface area (Å²) in [5.41, 5.74) is 5.76. The number of carbonyl (C=O) groups is 1. The molecular formula is C14H20ClFN2O2. The largest absolute Gasteiger partial charge is 0.494 e. The minimum absolute atomic E-state index is 0. The van der Waals surface area contributed by atoms with E-state index in [0.29, 0.717) is 31.7 Å². The van der Waals surface area contributed by atoms with Crippen molar-refractivity contribution in [3.8, 4) is 5.75 Å². The second-order valence-corrected chi connectivity index (χ2v) is 4.79. The van der Waals surface area contributed by atoms with Crippen LogP contribution in [-0.2, 0) is 4.79 Å². The molecule has 0 aromatic heterocycles. The summed E-state index contributed by atoms with van der Waals surface area (Å²) in [4.78, 5) is 13.6. The Morgan fingerprint density at radius 2 is 2.10 bits per heavy atom. The molecule has 0 spiro atoms. The van der Waals surface area contributed by atoms with Crippen molar-refractivity contribution < 1.29 is 13.9 Å². The third-order valence-corrected chi connectivity index (χ3v) is 3.19. The van der Waals surface area contributed by atoms with Gasteiger partial charge in [-0.15, -0.1) is 12.4 Å². The Labute approximate surface area is 124 Å². The van der Waals surface area contributed by atoms with Crippen LogP contribution >= 0.6 is 12.4 Å². The van der Waals surface area contributed by atoms with Gasteiger partial charge in [0, 0.05) is 25.6 Å². The third-order valence-electron chi connectivity index (χ3n) is 3.19. The highest BCUT2D eigenvalue weighted by Crippen LogP contribution is 2.13. The number of amides is 1. The number of likely N-dealkylation sites (tertiary alicyclic amines) is 1. The summed E-state index contributed by atoms with van der Waals surface area (Å²) in [5, 5.41) is 0. The molecule has 20 heavy (non-hydrogen) atoms. The number of rotatable bonds is 5. The van der Waals surface area contributed by atoms with Crippen LogP contribution in [0, 0.1) is 5.82 Å². The van der Waals surface area contributed by atoms with Crippen molar-refractivity contribution in [2.45, 2.75) is 25.3 Å². The number of nitrogens with zero attached hydrogens (tertiary/aromatic N) is 1. The van der Waals surface area contributed by atoms with E-state index in [9.17, 15) is 9.18 Å². The molecular weight excluding hydrogens is 283 g/mol. The second-order valence-electron chi connectivity index (χ2n) is 4.79. The Morgan fingerprint density at radius 3 is 2.70 bits per heavy atom. The summed E-state index contributed by atoms with van der Waals surface area (Å²) >= 11 is 0. The number of nitrogens with two attached hydrogens (primary N) is 1. The topological polar surface area (TPSA) is 55.6 Å². The molecule has 1 aliphatic heterocycles. The number of ether oxygens (including phenoxy) is 1. The molecule has 1 atom stereocenters. The predicted molar refractivity (Wildman–Crippen MR) is 77.5 cm³/mol. The maximum absolute atomic E-state index is 12.7. The predicted octanol–water partition coefficient (Wildman–Crippen LogP) is 1.97. The van der Waals surface area contributed by atoms with Gasteiger partial charge in [-0.05, 0) is 37.1 Å². The molecule has 1 fully saturated rings. The molecule has 1 amide bonds. The molecule has 1 aliphatic rings. The molecule has 0 bridgehead atoms. The van der Waals surface area contributed by atoms with Gasteiger partial charge in [0.25, 0.3) is 0 Å². The van der Waals surface area contributed by atoms with Crippen molar-refractivity contribution in [3.05, 3.63) is 30.1 Å². The Kier molecular flexibility index (Phi) is 6.75. The molecule has 0 saturated carbocycles. The van der Waals surface area contributed by atoms with Gasteiger partial charge in [0.1, 0.15) is 11.6 Å². The minimum atomic E-state index is -0.284. The van der Waals surface area contributed by atoms with Crippen LogP contribution in [0.25, 0.3) is 0 Å². The maximum atomic E-state index is 12.7. The smallest absolute Gasteiger partial charge is 0.222 e. The zero-order chi connectivity index (χ0) is 13.7. The summed E-state index contributed by atoms with van der Waals surface area (Å²) in [6, 6.07) is 5.99. The quantitative estimate of drug-likeness (QED) is 0.846. The van der Waals surface area contributed by atoms with Gasteiger partial charge in [-0.25, -0.2) is 4.39 Å². The molecule has 1 aromatic carbocycles. The van der Waals surface area contributed by atoms with E-state index in [2.05, 4.69) is 0 Å². The molecule has 112 valence electrons. The van der Waals surface area contributed by atoms with Crippen LogP contribution < -0.4 is 10.5 Å². The molecule has 2 rings (SSSR count). The Hall–Kier alpha value is -1.33. The monoisotopic (exact) mass is 302 g/mol. The first kappa shape index (κ1) is 16.7. The van der Waals surface area contributed by atoms with Gasteiger partial charge in [-0.2, -0.15) is 0 Å². The Balaban J connectivity index is 0.00000200. The van der Waals surface area contributed by atoms with E-state index in [1.54, 1.807) is 12.1 Å². The first-order chi connectivity index (χ1) is 9.15. The highest BCUT2D eigenvalue weighted by molar-refractivity contribution is 5.85. The number of hydrogen-bond donors (Lipinski definition) is 1. The maximum Gasteiger partial charge on any atom is 0.222 e. The normalized spacial score (nSPS) is 17.7. The summed E-state index contributed by atoms with van der Waals surface area (Å²) in [6.45, 7) is 1.88. The van der Waals surface area contributed by atoms with Gasteiger partial charge in [0.15, 0.2) is 0 Å². The van der Waals surface area contributed by atoms with Crippen LogP contribution in [0.2, 0.25) is 0 Å². The average molecular weight is 303 g/mol. The van der Waals surface area contributed by atoms with E-state index in [1.165, 1.54) is 12.1 Å². The Bertz CT molecular complexity index is 428. The third kappa shape index (κ3) is 4.98. The average Bonchev–Trinajstić information content (AvgIpc) is 2.83. The lowest BCUT2D eigenvalue weighted by molar-refractivity contribution is -0.130. The van der Waals surface area contributed by atoms with Crippen LogP contribution in [0.15, 0.2) is 24.3 Å². The number of hydrogen-bond acceptors (Lipinski definition) is 3. The lowest BCUT2D eigenvalue weighted by Crippen LogP contribution is -2.31. The number of benzene rings is 1. The highest BCUT2D eigenvalue weighted by Gasteiger charge is 2.22. The summed E-state index contributed by atoms with van der Waals surface area (Å²) in [7, 11) is 0. The van der Waals surface area contributed by atoms with Crippen LogP contribution in [0.5, 0.6) is 5.75 Å². The molecule has 6 heteroatoms. The molecule has 0 radical (unpaired) electrons. The fraction of sp³-hybridized carbons (Fsp3) is 0.500. The zero-order valence-electron chi connectivity index (χ0n) is 11.3. The number of carbonyl (C=O) groups excluding carboxylic acids is 1. The van der Waals surface area contributed by atoms with Gasteiger partial charge in [0.2, 0.25) is 5.91 Å².